The Kier molecular flexibility index (Phi) is 4.34. The minimum absolute atomic E-state index is 0.389. The monoisotopic (exact) mass is 332 g/mol. The molecule has 0 fully saturated rings. The first kappa shape index (κ1) is 15.2. The highest BCUT2D eigenvalue weighted by Gasteiger charge is 2.04. The van der Waals surface area contributed by atoms with E-state index in [1.54, 1.807) is 18.2 Å². The molecule has 0 radical (unpaired) electrons. The van der Waals surface area contributed by atoms with Gasteiger partial charge in [0.15, 0.2) is 11.6 Å². The van der Waals surface area contributed by atoms with Crippen LogP contribution in [-0.2, 0) is 0 Å². The molecule has 0 atom stereocenters. The third-order valence-corrected chi connectivity index (χ3v) is 3.23. The summed E-state index contributed by atoms with van der Waals surface area (Å²) >= 11 is 5.83. The second-order valence-corrected chi connectivity index (χ2v) is 5.11. The smallest absolute Gasteiger partial charge is 0.160 e. The number of hydrogen-bond donors (Lipinski definition) is 2. The molecular formula is C16H11ClF2N4. The highest BCUT2D eigenvalue weighted by atomic mass is 35.5. The summed E-state index contributed by atoms with van der Waals surface area (Å²) in [4.78, 5) is 8.14. The zero-order chi connectivity index (χ0) is 16.2. The quantitative estimate of drug-likeness (QED) is 0.713. The van der Waals surface area contributed by atoms with Crippen molar-refractivity contribution in [3.8, 4) is 0 Å². The van der Waals surface area contributed by atoms with Crippen LogP contribution in [0.25, 0.3) is 0 Å². The third kappa shape index (κ3) is 3.92. The molecule has 0 aliphatic carbocycles. The van der Waals surface area contributed by atoms with Crippen LogP contribution in [0, 0.1) is 11.6 Å². The Morgan fingerprint density at radius 1 is 0.739 bits per heavy atom. The Hall–Kier alpha value is -2.73. The van der Waals surface area contributed by atoms with E-state index in [1.165, 1.54) is 12.4 Å². The number of halogens is 3. The van der Waals surface area contributed by atoms with Crippen LogP contribution in [0.2, 0.25) is 5.02 Å². The third-order valence-electron chi connectivity index (χ3n) is 2.98. The molecule has 2 aromatic carbocycles. The number of rotatable bonds is 4. The average Bonchev–Trinajstić information content (AvgIpc) is 2.54. The number of anilines is 4. The summed E-state index contributed by atoms with van der Waals surface area (Å²) in [6.45, 7) is 0. The summed E-state index contributed by atoms with van der Waals surface area (Å²) in [7, 11) is 0. The van der Waals surface area contributed by atoms with Gasteiger partial charge in [-0.1, -0.05) is 11.6 Å². The lowest BCUT2D eigenvalue weighted by Gasteiger charge is -2.09. The van der Waals surface area contributed by atoms with Gasteiger partial charge in [0.1, 0.15) is 18.0 Å². The van der Waals surface area contributed by atoms with E-state index in [-0.39, 0.29) is 0 Å². The van der Waals surface area contributed by atoms with Crippen molar-refractivity contribution in [1.82, 2.24) is 9.97 Å². The maximum Gasteiger partial charge on any atom is 0.160 e. The summed E-state index contributed by atoms with van der Waals surface area (Å²) in [5, 5.41) is 6.62. The van der Waals surface area contributed by atoms with Crippen molar-refractivity contribution in [2.75, 3.05) is 10.6 Å². The summed E-state index contributed by atoms with van der Waals surface area (Å²) in [5.41, 5.74) is 1.20. The van der Waals surface area contributed by atoms with Gasteiger partial charge < -0.3 is 10.6 Å². The molecule has 0 aliphatic rings. The van der Waals surface area contributed by atoms with Crippen LogP contribution in [-0.4, -0.2) is 9.97 Å². The van der Waals surface area contributed by atoms with Gasteiger partial charge in [0.25, 0.3) is 0 Å². The van der Waals surface area contributed by atoms with E-state index in [1.807, 2.05) is 12.1 Å². The number of benzene rings is 2. The molecule has 2 N–H and O–H groups in total. The molecule has 1 aromatic heterocycles. The first-order valence-corrected chi connectivity index (χ1v) is 7.05. The molecule has 0 spiro atoms. The fraction of sp³-hybridized carbons (Fsp3) is 0. The topological polar surface area (TPSA) is 49.8 Å². The molecule has 3 rings (SSSR count). The highest BCUT2D eigenvalue weighted by molar-refractivity contribution is 6.30. The molecule has 23 heavy (non-hydrogen) atoms. The zero-order valence-corrected chi connectivity index (χ0v) is 12.5. The predicted molar refractivity (Wildman–Crippen MR) is 86.4 cm³/mol. The van der Waals surface area contributed by atoms with Gasteiger partial charge in [0.2, 0.25) is 0 Å². The Bertz CT molecular complexity index is 825. The fourth-order valence-corrected chi connectivity index (χ4v) is 2.02. The maximum atomic E-state index is 13.2. The van der Waals surface area contributed by atoms with Crippen molar-refractivity contribution in [2.45, 2.75) is 0 Å². The average molecular weight is 333 g/mol. The summed E-state index contributed by atoms with van der Waals surface area (Å²) in [5.74, 6) is -0.832. The molecule has 3 aromatic rings. The van der Waals surface area contributed by atoms with Gasteiger partial charge in [-0.25, -0.2) is 18.7 Å². The van der Waals surface area contributed by atoms with Crippen LogP contribution in [0.5, 0.6) is 0 Å². The molecule has 0 unspecified atom stereocenters. The van der Waals surface area contributed by atoms with Gasteiger partial charge in [-0.2, -0.15) is 0 Å². The highest BCUT2D eigenvalue weighted by Crippen LogP contribution is 2.21. The van der Waals surface area contributed by atoms with Crippen molar-refractivity contribution >= 4 is 34.6 Å². The van der Waals surface area contributed by atoms with Crippen LogP contribution >= 0.6 is 11.6 Å². The van der Waals surface area contributed by atoms with E-state index in [0.717, 1.165) is 17.8 Å². The van der Waals surface area contributed by atoms with Crippen LogP contribution in [0.1, 0.15) is 0 Å². The van der Waals surface area contributed by atoms with E-state index in [4.69, 9.17) is 11.6 Å². The second-order valence-electron chi connectivity index (χ2n) is 4.67. The molecule has 0 aliphatic heterocycles. The number of nitrogens with zero attached hydrogens (tertiary/aromatic N) is 2. The fourth-order valence-electron chi connectivity index (χ4n) is 1.90. The van der Waals surface area contributed by atoms with Crippen LogP contribution in [0.3, 0.4) is 0 Å². The maximum absolute atomic E-state index is 13.2. The Labute approximate surface area is 136 Å². The number of hydrogen-bond acceptors (Lipinski definition) is 4. The SMILES string of the molecule is Fc1ccc(Nc2cc(Nc3ccc(Cl)cc3)ncn2)cc1F. The summed E-state index contributed by atoms with van der Waals surface area (Å²) in [6, 6.07) is 12.3. The van der Waals surface area contributed by atoms with E-state index in [2.05, 4.69) is 20.6 Å². The normalized spacial score (nSPS) is 10.4. The lowest BCUT2D eigenvalue weighted by molar-refractivity contribution is 0.509. The number of aromatic nitrogens is 2. The molecule has 7 heteroatoms. The molecule has 0 saturated heterocycles. The lowest BCUT2D eigenvalue weighted by atomic mass is 10.3. The van der Waals surface area contributed by atoms with Gasteiger partial charge in [0, 0.05) is 28.5 Å². The molecule has 0 bridgehead atoms. The van der Waals surface area contributed by atoms with Gasteiger partial charge in [-0.05, 0) is 36.4 Å². The molecule has 4 nitrogen and oxygen atoms in total. The standard InChI is InChI=1S/C16H11ClF2N4/c17-10-1-3-11(4-2-10)22-15-8-16(21-9-20-15)23-12-5-6-13(18)14(19)7-12/h1-9H,(H2,20,21,22,23). The van der Waals surface area contributed by atoms with E-state index in [9.17, 15) is 8.78 Å². The van der Waals surface area contributed by atoms with Gasteiger partial charge >= 0.3 is 0 Å². The van der Waals surface area contributed by atoms with Gasteiger partial charge in [0.05, 0.1) is 0 Å². The summed E-state index contributed by atoms with van der Waals surface area (Å²) in [6.07, 6.45) is 1.36. The minimum Gasteiger partial charge on any atom is -0.340 e. The summed E-state index contributed by atoms with van der Waals surface area (Å²) < 4.78 is 26.1. The van der Waals surface area contributed by atoms with Crippen molar-refractivity contribution in [3.05, 3.63) is 71.5 Å². The Morgan fingerprint density at radius 3 is 2.00 bits per heavy atom. The van der Waals surface area contributed by atoms with Crippen molar-refractivity contribution in [2.24, 2.45) is 0 Å². The van der Waals surface area contributed by atoms with Gasteiger partial charge in [-0.3, -0.25) is 0 Å². The second kappa shape index (κ2) is 6.58. The van der Waals surface area contributed by atoms with Crippen molar-refractivity contribution in [1.29, 1.82) is 0 Å². The van der Waals surface area contributed by atoms with Crippen LogP contribution in [0.4, 0.5) is 31.8 Å². The largest absolute Gasteiger partial charge is 0.340 e. The zero-order valence-electron chi connectivity index (χ0n) is 11.7. The van der Waals surface area contributed by atoms with E-state index >= 15 is 0 Å². The van der Waals surface area contributed by atoms with Gasteiger partial charge in [-0.15, -0.1) is 0 Å². The minimum atomic E-state index is -0.927. The molecule has 0 amide bonds. The first-order chi connectivity index (χ1) is 11.1. The van der Waals surface area contributed by atoms with E-state index < -0.39 is 11.6 Å². The van der Waals surface area contributed by atoms with E-state index in [0.29, 0.717) is 22.3 Å². The Balaban J connectivity index is 1.76. The molecule has 116 valence electrons. The van der Waals surface area contributed by atoms with Crippen LogP contribution < -0.4 is 10.6 Å². The lowest BCUT2D eigenvalue weighted by Crippen LogP contribution is -1.99. The molecule has 1 heterocycles. The molecule has 0 saturated carbocycles. The number of nitrogens with one attached hydrogen (secondary N) is 2. The van der Waals surface area contributed by atoms with Crippen LogP contribution in [0.15, 0.2) is 54.9 Å². The molecular weight excluding hydrogens is 322 g/mol. The van der Waals surface area contributed by atoms with Crippen molar-refractivity contribution < 1.29 is 8.78 Å². The van der Waals surface area contributed by atoms with Crippen molar-refractivity contribution in [3.63, 3.8) is 0 Å². The predicted octanol–water partition coefficient (Wildman–Crippen LogP) is 4.90. The first-order valence-electron chi connectivity index (χ1n) is 6.67. The Morgan fingerprint density at radius 2 is 1.35 bits per heavy atom.